The van der Waals surface area contributed by atoms with Crippen LogP contribution in [0.5, 0.6) is 11.5 Å². The van der Waals surface area contributed by atoms with Crippen molar-refractivity contribution in [3.05, 3.63) is 91.5 Å². The summed E-state index contributed by atoms with van der Waals surface area (Å²) in [5.41, 5.74) is 3.06. The molecule has 0 bridgehead atoms. The van der Waals surface area contributed by atoms with E-state index in [0.717, 1.165) is 20.4 Å². The van der Waals surface area contributed by atoms with Crippen LogP contribution >= 0.6 is 22.6 Å². The molecule has 3 aromatic rings. The Morgan fingerprint density at radius 3 is 2.38 bits per heavy atom. The summed E-state index contributed by atoms with van der Waals surface area (Å²) in [7, 11) is 0. The average Bonchev–Trinajstić information content (AvgIpc) is 2.73. The van der Waals surface area contributed by atoms with Gasteiger partial charge in [-0.1, -0.05) is 18.2 Å². The number of anilines is 1. The van der Waals surface area contributed by atoms with Crippen LogP contribution in [-0.2, 0) is 13.2 Å². The number of non-ortho nitro benzene ring substituents is 1. The van der Waals surface area contributed by atoms with Crippen LogP contribution in [0.4, 0.5) is 11.4 Å². The molecule has 3 rings (SSSR count). The number of ether oxygens (including phenoxy) is 2. The maximum atomic E-state index is 10.8. The van der Waals surface area contributed by atoms with Gasteiger partial charge in [-0.3, -0.25) is 10.1 Å². The van der Waals surface area contributed by atoms with E-state index in [1.165, 1.54) is 12.1 Å². The summed E-state index contributed by atoms with van der Waals surface area (Å²) in [6, 6.07) is 20.4. The van der Waals surface area contributed by atoms with Crippen molar-refractivity contribution < 1.29 is 14.4 Å². The van der Waals surface area contributed by atoms with Gasteiger partial charge in [-0.2, -0.15) is 0 Å². The van der Waals surface area contributed by atoms with Crippen molar-refractivity contribution in [2.45, 2.75) is 20.1 Å². The topological polar surface area (TPSA) is 73.6 Å². The number of hydrogen-bond acceptors (Lipinski definition) is 5. The SMILES string of the molecule is CCOc1cc(CNc2ccccc2)cc(I)c1OCc1ccc([N+](=O)[O-])cc1. The summed E-state index contributed by atoms with van der Waals surface area (Å²) in [5, 5.41) is 14.2. The van der Waals surface area contributed by atoms with Crippen molar-refractivity contribution in [1.82, 2.24) is 0 Å². The maximum absolute atomic E-state index is 10.8. The molecule has 0 spiro atoms. The van der Waals surface area contributed by atoms with Gasteiger partial charge in [-0.25, -0.2) is 0 Å². The largest absolute Gasteiger partial charge is 0.490 e. The van der Waals surface area contributed by atoms with E-state index in [1.54, 1.807) is 12.1 Å². The fourth-order valence-electron chi connectivity index (χ4n) is 2.76. The quantitative estimate of drug-likeness (QED) is 0.227. The van der Waals surface area contributed by atoms with E-state index < -0.39 is 4.92 Å². The van der Waals surface area contributed by atoms with Crippen LogP contribution in [-0.4, -0.2) is 11.5 Å². The van der Waals surface area contributed by atoms with Crippen molar-refractivity contribution >= 4 is 34.0 Å². The Hall–Kier alpha value is -2.81. The fraction of sp³-hybridized carbons (Fsp3) is 0.182. The first-order valence-electron chi connectivity index (χ1n) is 9.17. The van der Waals surface area contributed by atoms with E-state index in [-0.39, 0.29) is 5.69 Å². The molecule has 0 saturated heterocycles. The molecule has 0 fully saturated rings. The summed E-state index contributed by atoms with van der Waals surface area (Å²) in [6.45, 7) is 3.43. The van der Waals surface area contributed by atoms with Gasteiger partial charge in [0.1, 0.15) is 6.61 Å². The maximum Gasteiger partial charge on any atom is 0.269 e. The summed E-state index contributed by atoms with van der Waals surface area (Å²) in [4.78, 5) is 10.4. The van der Waals surface area contributed by atoms with Crippen molar-refractivity contribution in [1.29, 1.82) is 0 Å². The summed E-state index contributed by atoms with van der Waals surface area (Å²) in [5.74, 6) is 1.36. The molecule has 0 aromatic heterocycles. The molecule has 29 heavy (non-hydrogen) atoms. The number of nitrogens with zero attached hydrogens (tertiary/aromatic N) is 1. The van der Waals surface area contributed by atoms with Crippen LogP contribution in [0, 0.1) is 13.7 Å². The minimum atomic E-state index is -0.414. The highest BCUT2D eigenvalue weighted by atomic mass is 127. The van der Waals surface area contributed by atoms with Crippen molar-refractivity contribution in [3.8, 4) is 11.5 Å². The van der Waals surface area contributed by atoms with Crippen molar-refractivity contribution in [3.63, 3.8) is 0 Å². The zero-order chi connectivity index (χ0) is 20.6. The molecule has 7 heteroatoms. The molecule has 150 valence electrons. The number of nitrogens with one attached hydrogen (secondary N) is 1. The van der Waals surface area contributed by atoms with Gasteiger partial charge in [0.15, 0.2) is 11.5 Å². The Morgan fingerprint density at radius 1 is 1.00 bits per heavy atom. The van der Waals surface area contributed by atoms with Crippen LogP contribution in [0.1, 0.15) is 18.1 Å². The van der Waals surface area contributed by atoms with Crippen LogP contribution in [0.25, 0.3) is 0 Å². The number of nitro benzene ring substituents is 1. The smallest absolute Gasteiger partial charge is 0.269 e. The number of nitro groups is 1. The molecule has 0 amide bonds. The lowest BCUT2D eigenvalue weighted by molar-refractivity contribution is -0.384. The third-order valence-electron chi connectivity index (χ3n) is 4.17. The fourth-order valence-corrected chi connectivity index (χ4v) is 3.58. The first-order valence-corrected chi connectivity index (χ1v) is 10.2. The van der Waals surface area contributed by atoms with E-state index in [0.29, 0.717) is 31.3 Å². The number of rotatable bonds is 9. The van der Waals surface area contributed by atoms with Gasteiger partial charge in [0.05, 0.1) is 15.1 Å². The van der Waals surface area contributed by atoms with Crippen LogP contribution in [0.3, 0.4) is 0 Å². The van der Waals surface area contributed by atoms with Crippen LogP contribution < -0.4 is 14.8 Å². The van der Waals surface area contributed by atoms with Gasteiger partial charge in [-0.15, -0.1) is 0 Å². The molecule has 6 nitrogen and oxygen atoms in total. The number of benzene rings is 3. The van der Waals surface area contributed by atoms with Gasteiger partial charge in [0.25, 0.3) is 5.69 Å². The normalized spacial score (nSPS) is 10.4. The predicted molar refractivity (Wildman–Crippen MR) is 122 cm³/mol. The Morgan fingerprint density at radius 2 is 1.72 bits per heavy atom. The number of para-hydroxylation sites is 1. The molecule has 1 N–H and O–H groups in total. The lowest BCUT2D eigenvalue weighted by Crippen LogP contribution is -2.05. The molecule has 0 saturated carbocycles. The van der Waals surface area contributed by atoms with Gasteiger partial charge in [-0.05, 0) is 77.0 Å². The zero-order valence-electron chi connectivity index (χ0n) is 15.9. The van der Waals surface area contributed by atoms with Crippen molar-refractivity contribution in [2.75, 3.05) is 11.9 Å². The molecule has 0 radical (unpaired) electrons. The van der Waals surface area contributed by atoms with Gasteiger partial charge in [0, 0.05) is 24.4 Å². The molecule has 0 aliphatic rings. The molecule has 3 aromatic carbocycles. The highest BCUT2D eigenvalue weighted by Crippen LogP contribution is 2.35. The molecule has 0 unspecified atom stereocenters. The standard InChI is InChI=1S/C22H21IN2O4/c1-2-28-21-13-17(14-24-18-6-4-3-5-7-18)12-20(23)22(21)29-15-16-8-10-19(11-9-16)25(26)27/h3-13,24H,2,14-15H2,1H3. The Balaban J connectivity index is 1.72. The van der Waals surface area contributed by atoms with Crippen LogP contribution in [0.15, 0.2) is 66.7 Å². The Labute approximate surface area is 183 Å². The molecule has 0 atom stereocenters. The zero-order valence-corrected chi connectivity index (χ0v) is 18.1. The third-order valence-corrected chi connectivity index (χ3v) is 4.97. The second-order valence-electron chi connectivity index (χ2n) is 6.27. The predicted octanol–water partition coefficient (Wildman–Crippen LogP) is 5.79. The lowest BCUT2D eigenvalue weighted by Gasteiger charge is -2.16. The second kappa shape index (κ2) is 10.1. The van der Waals surface area contributed by atoms with Gasteiger partial charge < -0.3 is 14.8 Å². The first kappa shape index (κ1) is 20.9. The monoisotopic (exact) mass is 504 g/mol. The molecule has 0 aliphatic heterocycles. The number of hydrogen-bond donors (Lipinski definition) is 1. The Kier molecular flexibility index (Phi) is 7.29. The third kappa shape index (κ3) is 5.83. The van der Waals surface area contributed by atoms with E-state index in [9.17, 15) is 10.1 Å². The minimum Gasteiger partial charge on any atom is -0.490 e. The lowest BCUT2D eigenvalue weighted by atomic mass is 10.2. The second-order valence-corrected chi connectivity index (χ2v) is 7.43. The summed E-state index contributed by atoms with van der Waals surface area (Å²) in [6.07, 6.45) is 0. The van der Waals surface area contributed by atoms with E-state index in [1.807, 2.05) is 43.3 Å². The van der Waals surface area contributed by atoms with Gasteiger partial charge in [0.2, 0.25) is 0 Å². The van der Waals surface area contributed by atoms with E-state index >= 15 is 0 Å². The summed E-state index contributed by atoms with van der Waals surface area (Å²) < 4.78 is 12.7. The van der Waals surface area contributed by atoms with Gasteiger partial charge >= 0.3 is 0 Å². The summed E-state index contributed by atoms with van der Waals surface area (Å²) >= 11 is 2.24. The van der Waals surface area contributed by atoms with Crippen LogP contribution in [0.2, 0.25) is 0 Å². The van der Waals surface area contributed by atoms with E-state index in [4.69, 9.17) is 9.47 Å². The molecule has 0 aliphatic carbocycles. The molecular formula is C22H21IN2O4. The highest BCUT2D eigenvalue weighted by molar-refractivity contribution is 14.1. The van der Waals surface area contributed by atoms with E-state index in [2.05, 4.69) is 34.0 Å². The number of halogens is 1. The molecular weight excluding hydrogens is 483 g/mol. The Bertz CT molecular complexity index is 963. The minimum absolute atomic E-state index is 0.0635. The van der Waals surface area contributed by atoms with Crippen molar-refractivity contribution in [2.24, 2.45) is 0 Å². The average molecular weight is 504 g/mol. The molecule has 0 heterocycles. The highest BCUT2D eigenvalue weighted by Gasteiger charge is 2.13. The first-order chi connectivity index (χ1) is 14.1.